The summed E-state index contributed by atoms with van der Waals surface area (Å²) >= 11 is 3.17. The van der Waals surface area contributed by atoms with Gasteiger partial charge in [0.05, 0.1) is 45.0 Å². The number of amides is 1. The summed E-state index contributed by atoms with van der Waals surface area (Å²) in [4.78, 5) is 25.3. The molecule has 2 rings (SSSR count). The van der Waals surface area contributed by atoms with E-state index in [9.17, 15) is 9.59 Å². The molecule has 0 aromatic carbocycles. The van der Waals surface area contributed by atoms with E-state index in [2.05, 4.69) is 22.1 Å². The van der Waals surface area contributed by atoms with Gasteiger partial charge in [0, 0.05) is 4.88 Å². The lowest BCUT2D eigenvalue weighted by Crippen LogP contribution is -2.49. The quantitative estimate of drug-likeness (QED) is 0.657. The van der Waals surface area contributed by atoms with Crippen LogP contribution in [0.25, 0.3) is 0 Å². The first-order valence-electron chi connectivity index (χ1n) is 8.16. The van der Waals surface area contributed by atoms with E-state index in [1.807, 2.05) is 33.3 Å². The summed E-state index contributed by atoms with van der Waals surface area (Å²) in [7, 11) is 5.94. The van der Waals surface area contributed by atoms with E-state index >= 15 is 0 Å². The summed E-state index contributed by atoms with van der Waals surface area (Å²) in [5, 5.41) is 16.2. The minimum atomic E-state index is -0.901. The maximum atomic E-state index is 12.5. The zero-order valence-electron chi connectivity index (χ0n) is 14.8. The Morgan fingerprint density at radius 2 is 1.96 bits per heavy atom. The first-order valence-corrected chi connectivity index (χ1v) is 9.92. The summed E-state index contributed by atoms with van der Waals surface area (Å²) in [6.07, 6.45) is 1.80. The molecule has 136 valence electrons. The number of carboxylic acid groups (broad SMARTS) is 1. The zero-order valence-corrected chi connectivity index (χ0v) is 16.5. The summed E-state index contributed by atoms with van der Waals surface area (Å²) in [5.74, 6) is -1.09. The summed E-state index contributed by atoms with van der Waals surface area (Å²) in [6, 6.07) is 5.54. The second kappa shape index (κ2) is 8.60. The summed E-state index contributed by atoms with van der Waals surface area (Å²) in [5.41, 5.74) is 1.31. The van der Waals surface area contributed by atoms with Gasteiger partial charge in [0.25, 0.3) is 5.91 Å². The molecule has 5 nitrogen and oxygen atoms in total. The Balaban J connectivity index is 1.95. The first kappa shape index (κ1) is 19.6. The van der Waals surface area contributed by atoms with Crippen LogP contribution in [-0.2, 0) is 17.6 Å². The van der Waals surface area contributed by atoms with Crippen molar-refractivity contribution in [2.75, 3.05) is 27.7 Å². The fraction of sp³-hybridized carbons (Fsp3) is 0.444. The molecular formula is C18H25N2O3S2+. The van der Waals surface area contributed by atoms with Crippen LogP contribution in [0.3, 0.4) is 0 Å². The molecule has 7 heteroatoms. The molecule has 0 spiro atoms. The third kappa shape index (κ3) is 6.97. The van der Waals surface area contributed by atoms with Gasteiger partial charge in [-0.05, 0) is 47.4 Å². The molecule has 0 saturated heterocycles. The van der Waals surface area contributed by atoms with E-state index in [1.54, 1.807) is 11.3 Å². The van der Waals surface area contributed by atoms with Crippen molar-refractivity contribution in [1.82, 2.24) is 5.32 Å². The molecule has 0 radical (unpaired) electrons. The average Bonchev–Trinajstić information content (AvgIpc) is 3.14. The second-order valence-corrected chi connectivity index (χ2v) is 9.09. The molecule has 1 amide bonds. The largest absolute Gasteiger partial charge is 0.481 e. The van der Waals surface area contributed by atoms with Crippen molar-refractivity contribution in [3.8, 4) is 0 Å². The third-order valence-electron chi connectivity index (χ3n) is 3.65. The maximum Gasteiger partial charge on any atom is 0.305 e. The molecule has 0 aliphatic heterocycles. The van der Waals surface area contributed by atoms with Crippen LogP contribution < -0.4 is 5.32 Å². The predicted molar refractivity (Wildman–Crippen MR) is 102 cm³/mol. The molecular weight excluding hydrogens is 356 g/mol. The van der Waals surface area contributed by atoms with Crippen LogP contribution in [0, 0.1) is 0 Å². The number of aliphatic carboxylic acids is 1. The van der Waals surface area contributed by atoms with Gasteiger partial charge in [-0.1, -0.05) is 0 Å². The van der Waals surface area contributed by atoms with E-state index in [1.165, 1.54) is 16.9 Å². The maximum absolute atomic E-state index is 12.5. The molecule has 1 atom stereocenters. The number of nitrogens with zero attached hydrogens (tertiary/aromatic N) is 1. The number of quaternary nitrogens is 1. The molecule has 2 N–H and O–H groups in total. The number of hydrogen-bond acceptors (Lipinski definition) is 4. The van der Waals surface area contributed by atoms with Gasteiger partial charge >= 0.3 is 5.97 Å². The number of hydrogen-bond donors (Lipinski definition) is 2. The molecule has 0 unspecified atom stereocenters. The predicted octanol–water partition coefficient (Wildman–Crippen LogP) is 2.87. The first-order chi connectivity index (χ1) is 11.7. The molecule has 25 heavy (non-hydrogen) atoms. The molecule has 0 bridgehead atoms. The minimum Gasteiger partial charge on any atom is -0.481 e. The van der Waals surface area contributed by atoms with E-state index in [4.69, 9.17) is 5.11 Å². The lowest BCUT2D eigenvalue weighted by Gasteiger charge is -2.29. The van der Waals surface area contributed by atoms with E-state index in [0.717, 1.165) is 17.7 Å². The van der Waals surface area contributed by atoms with Gasteiger partial charge in [0.15, 0.2) is 0 Å². The summed E-state index contributed by atoms with van der Waals surface area (Å²) < 4.78 is 0.592. The van der Waals surface area contributed by atoms with Gasteiger partial charge in [-0.2, -0.15) is 11.3 Å². The van der Waals surface area contributed by atoms with Crippen molar-refractivity contribution in [2.45, 2.75) is 25.3 Å². The van der Waals surface area contributed by atoms with Crippen LogP contribution >= 0.6 is 22.7 Å². The Hall–Kier alpha value is -1.70. The number of carbonyl (C=O) groups excluding carboxylic acids is 1. The fourth-order valence-electron chi connectivity index (χ4n) is 2.63. The Bertz CT molecular complexity index is 702. The van der Waals surface area contributed by atoms with Crippen LogP contribution in [0.2, 0.25) is 0 Å². The lowest BCUT2D eigenvalue weighted by atomic mass is 10.1. The highest BCUT2D eigenvalue weighted by atomic mass is 32.1. The SMILES string of the molecule is C[N+](C)(C)C[C@@H](CC(=O)O)NC(=O)c1ccc(CCc2ccsc2)s1. The number of carbonyl (C=O) groups is 2. The van der Waals surface area contributed by atoms with Crippen LogP contribution in [0.4, 0.5) is 0 Å². The normalized spacial score (nSPS) is 12.8. The number of nitrogens with one attached hydrogen (secondary N) is 1. The summed E-state index contributed by atoms with van der Waals surface area (Å²) in [6.45, 7) is 0.564. The number of thiophene rings is 2. The van der Waals surface area contributed by atoms with Gasteiger partial charge < -0.3 is 14.9 Å². The average molecular weight is 382 g/mol. The van der Waals surface area contributed by atoms with Gasteiger partial charge in [-0.25, -0.2) is 0 Å². The number of carboxylic acids is 1. The van der Waals surface area contributed by atoms with Crippen molar-refractivity contribution in [3.05, 3.63) is 44.3 Å². The molecule has 0 saturated carbocycles. The minimum absolute atomic E-state index is 0.0718. The van der Waals surface area contributed by atoms with Crippen molar-refractivity contribution < 1.29 is 19.2 Å². The van der Waals surface area contributed by atoms with Gasteiger partial charge in [0.2, 0.25) is 0 Å². The molecule has 0 aliphatic carbocycles. The van der Waals surface area contributed by atoms with E-state index < -0.39 is 5.97 Å². The molecule has 2 aromatic rings. The standard InChI is InChI=1S/C18H24N2O3S2/c1-20(2,3)11-14(10-17(21)22)19-18(23)16-7-6-15(25-16)5-4-13-8-9-24-12-13/h6-9,12,14H,4-5,10-11H2,1-3H3,(H-,19,21,22,23)/p+1/t14-/m1/s1. The van der Waals surface area contributed by atoms with Crippen LogP contribution in [0.1, 0.15) is 26.5 Å². The molecule has 2 aromatic heterocycles. The number of rotatable bonds is 9. The highest BCUT2D eigenvalue weighted by Crippen LogP contribution is 2.19. The Kier molecular flexibility index (Phi) is 6.75. The van der Waals surface area contributed by atoms with Crippen molar-refractivity contribution in [2.24, 2.45) is 0 Å². The van der Waals surface area contributed by atoms with Gasteiger partial charge in [0.1, 0.15) is 0 Å². The monoisotopic (exact) mass is 381 g/mol. The number of aryl methyl sites for hydroxylation is 2. The highest BCUT2D eigenvalue weighted by Gasteiger charge is 2.23. The van der Waals surface area contributed by atoms with E-state index in [-0.39, 0.29) is 18.4 Å². The van der Waals surface area contributed by atoms with Crippen LogP contribution in [0.15, 0.2) is 29.0 Å². The van der Waals surface area contributed by atoms with Gasteiger partial charge in [-0.15, -0.1) is 11.3 Å². The van der Waals surface area contributed by atoms with E-state index in [0.29, 0.717) is 15.9 Å². The third-order valence-corrected chi connectivity index (χ3v) is 5.53. The highest BCUT2D eigenvalue weighted by molar-refractivity contribution is 7.14. The second-order valence-electron chi connectivity index (χ2n) is 7.14. The lowest BCUT2D eigenvalue weighted by molar-refractivity contribution is -0.871. The zero-order chi connectivity index (χ0) is 18.4. The number of likely N-dealkylation sites (N-methyl/N-ethyl adjacent to an activating group) is 1. The Morgan fingerprint density at radius 1 is 1.20 bits per heavy atom. The Labute approximate surface area is 156 Å². The smallest absolute Gasteiger partial charge is 0.305 e. The molecule has 2 heterocycles. The molecule has 0 aliphatic rings. The van der Waals surface area contributed by atoms with Crippen molar-refractivity contribution >= 4 is 34.6 Å². The molecule has 0 fully saturated rings. The van der Waals surface area contributed by atoms with Crippen LogP contribution in [-0.4, -0.2) is 55.2 Å². The van der Waals surface area contributed by atoms with Crippen molar-refractivity contribution in [1.29, 1.82) is 0 Å². The topological polar surface area (TPSA) is 66.4 Å². The van der Waals surface area contributed by atoms with Crippen molar-refractivity contribution in [3.63, 3.8) is 0 Å². The Morgan fingerprint density at radius 3 is 2.56 bits per heavy atom. The van der Waals surface area contributed by atoms with Gasteiger partial charge in [-0.3, -0.25) is 9.59 Å². The fourth-order valence-corrected chi connectivity index (χ4v) is 4.24. The van der Waals surface area contributed by atoms with Crippen LogP contribution in [0.5, 0.6) is 0 Å².